The first-order valence-electron chi connectivity index (χ1n) is 13.2. The summed E-state index contributed by atoms with van der Waals surface area (Å²) in [5.41, 5.74) is 14.9. The number of aromatic nitrogens is 5. The van der Waals surface area contributed by atoms with Gasteiger partial charge in [-0.25, -0.2) is 29.9 Å². The Hall–Kier alpha value is -6.22. The summed E-state index contributed by atoms with van der Waals surface area (Å²) in [4.78, 5) is 30.9. The second kappa shape index (κ2) is 13.4. The molecule has 0 unspecified atom stereocenters. The average molecular weight is 562 g/mol. The minimum atomic E-state index is 0.595. The predicted molar refractivity (Wildman–Crippen MR) is 174 cm³/mol. The van der Waals surface area contributed by atoms with Crippen molar-refractivity contribution in [2.24, 2.45) is 15.7 Å². The van der Waals surface area contributed by atoms with E-state index >= 15 is 0 Å². The van der Waals surface area contributed by atoms with Crippen LogP contribution in [0.1, 0.15) is 11.4 Å². The van der Waals surface area contributed by atoms with E-state index in [2.05, 4.69) is 33.1 Å². The second-order valence-corrected chi connectivity index (χ2v) is 9.17. The maximum Gasteiger partial charge on any atom is 0.115 e. The van der Waals surface area contributed by atoms with Gasteiger partial charge in [-0.05, 0) is 54.6 Å². The molecule has 208 valence electrons. The van der Waals surface area contributed by atoms with Gasteiger partial charge in [-0.1, -0.05) is 31.4 Å². The van der Waals surface area contributed by atoms with Crippen molar-refractivity contribution in [1.82, 2.24) is 24.9 Å². The van der Waals surface area contributed by atoms with Crippen molar-refractivity contribution in [3.05, 3.63) is 128 Å². The molecule has 43 heavy (non-hydrogen) atoms. The molecule has 1 aromatic carbocycles. The zero-order valence-corrected chi connectivity index (χ0v) is 23.2. The summed E-state index contributed by atoms with van der Waals surface area (Å²) in [6.45, 7) is 7.68. The van der Waals surface area contributed by atoms with E-state index in [-0.39, 0.29) is 0 Å². The summed E-state index contributed by atoms with van der Waals surface area (Å²) < 4.78 is 0. The summed E-state index contributed by atoms with van der Waals surface area (Å²) in [6, 6.07) is 23.4. The highest BCUT2D eigenvalue weighted by molar-refractivity contribution is 6.10. The molecule has 3 N–H and O–H groups in total. The Morgan fingerprint density at radius 1 is 0.698 bits per heavy atom. The van der Waals surface area contributed by atoms with Crippen LogP contribution >= 0.6 is 0 Å². The topological polar surface area (TPSA) is 139 Å². The van der Waals surface area contributed by atoms with Gasteiger partial charge in [0.2, 0.25) is 0 Å². The molecule has 5 aromatic rings. The highest BCUT2D eigenvalue weighted by Gasteiger charge is 2.13. The Kier molecular flexibility index (Phi) is 8.84. The number of nitrogens with two attached hydrogens (primary N) is 1. The standard InChI is InChI=1S/C34H27N9/c1-3-37-18-27(16-35)33-11-5-9-31(42-33)25-13-24(30-8-4-7-29(41-30)23(2)17-38-21-36)14-26(15-25)32-10-6-12-34(43-32)28-19-39-22-40-20-28/h3-22,36H,1-2,35H2/b27-16+,36-21?,37-18?,38-17?. The van der Waals surface area contributed by atoms with Crippen molar-refractivity contribution >= 4 is 29.9 Å². The lowest BCUT2D eigenvalue weighted by Crippen LogP contribution is -1.97. The SMILES string of the molecule is C=CN=C/C(=C\N)c1cccc(-c2cc(-c3cccc(C(=C)C=NC=N)n3)cc(-c3cccc(-c4cncnc4)n3)c2)n1. The maximum atomic E-state index is 7.18. The molecule has 0 aliphatic rings. The molecule has 0 saturated heterocycles. The van der Waals surface area contributed by atoms with Crippen molar-refractivity contribution in [3.8, 4) is 45.0 Å². The smallest absolute Gasteiger partial charge is 0.115 e. The maximum absolute atomic E-state index is 7.18. The Labute approximate surface area is 249 Å². The van der Waals surface area contributed by atoms with Crippen LogP contribution in [0.5, 0.6) is 0 Å². The summed E-state index contributed by atoms with van der Waals surface area (Å²) >= 11 is 0. The molecule has 0 amide bonds. The predicted octanol–water partition coefficient (Wildman–Crippen LogP) is 6.53. The first-order valence-corrected chi connectivity index (χ1v) is 13.2. The van der Waals surface area contributed by atoms with Crippen molar-refractivity contribution in [1.29, 1.82) is 5.41 Å². The minimum Gasteiger partial charge on any atom is -0.404 e. The molecule has 0 saturated carbocycles. The summed E-state index contributed by atoms with van der Waals surface area (Å²) in [6.07, 6.45) is 12.0. The number of rotatable bonds is 10. The first-order chi connectivity index (χ1) is 21.1. The Bertz CT molecular complexity index is 1890. The van der Waals surface area contributed by atoms with E-state index in [1.807, 2.05) is 72.8 Å². The van der Waals surface area contributed by atoms with Gasteiger partial charge >= 0.3 is 0 Å². The van der Waals surface area contributed by atoms with E-state index in [1.165, 1.54) is 24.9 Å². The van der Waals surface area contributed by atoms with E-state index in [0.29, 0.717) is 22.5 Å². The van der Waals surface area contributed by atoms with Crippen LogP contribution in [0, 0.1) is 5.41 Å². The van der Waals surface area contributed by atoms with Crippen molar-refractivity contribution in [3.63, 3.8) is 0 Å². The average Bonchev–Trinajstić information content (AvgIpc) is 3.08. The molecule has 0 spiro atoms. The molecule has 9 nitrogen and oxygen atoms in total. The molecular formula is C34H27N9. The summed E-state index contributed by atoms with van der Waals surface area (Å²) in [5.74, 6) is 0. The van der Waals surface area contributed by atoms with Crippen LogP contribution in [0.15, 0.2) is 127 Å². The molecular weight excluding hydrogens is 534 g/mol. The summed E-state index contributed by atoms with van der Waals surface area (Å²) in [5, 5.41) is 7.18. The van der Waals surface area contributed by atoms with Crippen LogP contribution in [-0.4, -0.2) is 43.7 Å². The zero-order chi connectivity index (χ0) is 30.0. The van der Waals surface area contributed by atoms with Gasteiger partial charge in [0, 0.05) is 70.6 Å². The highest BCUT2D eigenvalue weighted by Crippen LogP contribution is 2.32. The molecule has 0 aliphatic heterocycles. The second-order valence-electron chi connectivity index (χ2n) is 9.17. The molecule has 0 fully saturated rings. The lowest BCUT2D eigenvalue weighted by atomic mass is 9.98. The number of benzene rings is 1. The Morgan fingerprint density at radius 2 is 1.23 bits per heavy atom. The fourth-order valence-electron chi connectivity index (χ4n) is 4.31. The third kappa shape index (κ3) is 6.75. The van der Waals surface area contributed by atoms with Gasteiger partial charge in [0.1, 0.15) is 12.7 Å². The Morgan fingerprint density at radius 3 is 1.81 bits per heavy atom. The van der Waals surface area contributed by atoms with Gasteiger partial charge in [-0.2, -0.15) is 0 Å². The number of nitrogens with zero attached hydrogens (tertiary/aromatic N) is 7. The minimum absolute atomic E-state index is 0.595. The van der Waals surface area contributed by atoms with E-state index in [1.54, 1.807) is 18.6 Å². The third-order valence-corrected chi connectivity index (χ3v) is 6.35. The lowest BCUT2D eigenvalue weighted by Gasteiger charge is -2.12. The van der Waals surface area contributed by atoms with Crippen LogP contribution in [0.2, 0.25) is 0 Å². The first kappa shape index (κ1) is 28.3. The monoisotopic (exact) mass is 561 g/mol. The van der Waals surface area contributed by atoms with Gasteiger partial charge in [-0.3, -0.25) is 10.4 Å². The van der Waals surface area contributed by atoms with Crippen molar-refractivity contribution < 1.29 is 0 Å². The van der Waals surface area contributed by atoms with Crippen LogP contribution in [0.4, 0.5) is 0 Å². The number of allylic oxidation sites excluding steroid dienone is 2. The van der Waals surface area contributed by atoms with Gasteiger partial charge in [0.05, 0.1) is 34.2 Å². The fraction of sp³-hybridized carbons (Fsp3) is 0. The van der Waals surface area contributed by atoms with Gasteiger partial charge < -0.3 is 5.73 Å². The van der Waals surface area contributed by atoms with Crippen LogP contribution < -0.4 is 5.73 Å². The van der Waals surface area contributed by atoms with Gasteiger partial charge in [-0.15, -0.1) is 0 Å². The van der Waals surface area contributed by atoms with Gasteiger partial charge in [0.25, 0.3) is 0 Å². The number of hydrogen-bond donors (Lipinski definition) is 2. The number of pyridine rings is 3. The molecule has 5 rings (SSSR count). The highest BCUT2D eigenvalue weighted by atomic mass is 14.8. The normalized spacial score (nSPS) is 11.6. The number of nitrogens with one attached hydrogen (secondary N) is 1. The van der Waals surface area contributed by atoms with Gasteiger partial charge in [0.15, 0.2) is 0 Å². The quantitative estimate of drug-likeness (QED) is 0.147. The zero-order valence-electron chi connectivity index (χ0n) is 23.2. The Balaban J connectivity index is 1.67. The van der Waals surface area contributed by atoms with Crippen LogP contribution in [0.3, 0.4) is 0 Å². The molecule has 0 radical (unpaired) electrons. The van der Waals surface area contributed by atoms with Crippen molar-refractivity contribution in [2.45, 2.75) is 0 Å². The molecule has 9 heteroatoms. The largest absolute Gasteiger partial charge is 0.404 e. The molecule has 0 bridgehead atoms. The fourth-order valence-corrected chi connectivity index (χ4v) is 4.31. The molecule has 4 aromatic heterocycles. The van der Waals surface area contributed by atoms with E-state index in [0.717, 1.165) is 51.4 Å². The van der Waals surface area contributed by atoms with Crippen LogP contribution in [-0.2, 0) is 0 Å². The lowest BCUT2D eigenvalue weighted by molar-refractivity contribution is 1.16. The third-order valence-electron chi connectivity index (χ3n) is 6.35. The number of hydrogen-bond acceptors (Lipinski definition) is 8. The molecule has 4 heterocycles. The van der Waals surface area contributed by atoms with E-state index < -0.39 is 0 Å². The summed E-state index contributed by atoms with van der Waals surface area (Å²) in [7, 11) is 0. The van der Waals surface area contributed by atoms with E-state index in [9.17, 15) is 0 Å². The molecule has 0 aliphatic carbocycles. The molecule has 0 atom stereocenters. The van der Waals surface area contributed by atoms with Crippen LogP contribution in [0.25, 0.3) is 56.2 Å². The number of aliphatic imine (C=N–C) groups is 2. The van der Waals surface area contributed by atoms with Crippen molar-refractivity contribution in [2.75, 3.05) is 0 Å². The van der Waals surface area contributed by atoms with E-state index in [4.69, 9.17) is 26.1 Å².